The Kier molecular flexibility index (Phi) is 9.06. The highest BCUT2D eigenvalue weighted by Crippen LogP contribution is 2.23. The highest BCUT2D eigenvalue weighted by atomic mass is 16.5. The average Bonchev–Trinajstić information content (AvgIpc) is 2.70. The van der Waals surface area contributed by atoms with Crippen molar-refractivity contribution < 1.29 is 14.9 Å². The molecule has 0 aromatic carbocycles. The number of hydrogen-bond donors (Lipinski definition) is 2. The maximum absolute atomic E-state index is 7.62. The largest absolute Gasteiger partial charge is 0.394 e. The monoisotopic (exact) mass is 218 g/mol. The van der Waals surface area contributed by atoms with E-state index < -0.39 is 0 Å². The molecule has 0 aliphatic heterocycles. The number of ether oxygens (including phenoxy) is 1. The molecule has 0 heterocycles. The van der Waals surface area contributed by atoms with E-state index in [4.69, 9.17) is 14.9 Å². The zero-order valence-corrected chi connectivity index (χ0v) is 10.3. The van der Waals surface area contributed by atoms with Crippen LogP contribution in [0.3, 0.4) is 0 Å². The summed E-state index contributed by atoms with van der Waals surface area (Å²) in [7, 11) is 0. The van der Waals surface area contributed by atoms with Crippen molar-refractivity contribution in [2.24, 2.45) is 5.92 Å². The predicted molar refractivity (Wildman–Crippen MR) is 61.8 cm³/mol. The third-order valence-corrected chi connectivity index (χ3v) is 2.75. The fraction of sp³-hybridized carbons (Fsp3) is 1.00. The van der Waals surface area contributed by atoms with Gasteiger partial charge in [0, 0.05) is 0 Å². The molecule has 0 aromatic rings. The predicted octanol–water partition coefficient (Wildman–Crippen LogP) is 1.96. The Bertz CT molecular complexity index is 129. The lowest BCUT2D eigenvalue weighted by Gasteiger charge is -2.21. The van der Waals surface area contributed by atoms with E-state index in [2.05, 4.69) is 20.8 Å². The zero-order valence-electron chi connectivity index (χ0n) is 10.3. The van der Waals surface area contributed by atoms with Crippen LogP contribution in [-0.2, 0) is 4.74 Å². The van der Waals surface area contributed by atoms with Crippen LogP contribution in [0, 0.1) is 5.92 Å². The quantitative estimate of drug-likeness (QED) is 0.758. The van der Waals surface area contributed by atoms with Crippen molar-refractivity contribution in [2.45, 2.75) is 58.7 Å². The summed E-state index contributed by atoms with van der Waals surface area (Å²) in [5.74, 6) is 0.663. The molecule has 0 bridgehead atoms. The molecule has 1 fully saturated rings. The van der Waals surface area contributed by atoms with E-state index in [1.54, 1.807) is 0 Å². The van der Waals surface area contributed by atoms with Crippen molar-refractivity contribution in [3.05, 3.63) is 0 Å². The normalized spacial score (nSPS) is 18.8. The summed E-state index contributed by atoms with van der Waals surface area (Å²) in [6.45, 7) is 6.38. The van der Waals surface area contributed by atoms with Crippen molar-refractivity contribution >= 4 is 0 Å². The molecule has 92 valence electrons. The Labute approximate surface area is 93.5 Å². The van der Waals surface area contributed by atoms with Crippen LogP contribution in [0.15, 0.2) is 0 Å². The molecule has 15 heavy (non-hydrogen) atoms. The lowest BCUT2D eigenvalue weighted by molar-refractivity contribution is -0.0210. The summed E-state index contributed by atoms with van der Waals surface area (Å²) in [6.07, 6.45) is 6.34. The van der Waals surface area contributed by atoms with E-state index in [9.17, 15) is 0 Å². The van der Waals surface area contributed by atoms with Crippen LogP contribution in [0.5, 0.6) is 0 Å². The van der Waals surface area contributed by atoms with Gasteiger partial charge in [-0.3, -0.25) is 0 Å². The van der Waals surface area contributed by atoms with E-state index in [1.165, 1.54) is 25.7 Å². The van der Waals surface area contributed by atoms with Crippen LogP contribution < -0.4 is 0 Å². The zero-order chi connectivity index (χ0) is 11.7. The molecule has 1 saturated carbocycles. The van der Waals surface area contributed by atoms with Crippen LogP contribution in [0.2, 0.25) is 0 Å². The summed E-state index contributed by atoms with van der Waals surface area (Å²) in [5, 5.41) is 15.2. The van der Waals surface area contributed by atoms with Gasteiger partial charge in [-0.15, -0.1) is 0 Å². The average molecular weight is 218 g/mol. The van der Waals surface area contributed by atoms with Gasteiger partial charge >= 0.3 is 0 Å². The summed E-state index contributed by atoms with van der Waals surface area (Å²) >= 11 is 0. The van der Waals surface area contributed by atoms with Gasteiger partial charge in [0.05, 0.1) is 25.4 Å². The van der Waals surface area contributed by atoms with E-state index in [-0.39, 0.29) is 13.2 Å². The first-order valence-electron chi connectivity index (χ1n) is 5.99. The standard InChI is InChI=1S/C10H20O.C2H6O2/c1-8(2)9(3)11-10-6-4-5-7-10;3-1-2-4/h8-10H,4-7H2,1-3H3;3-4H,1-2H2. The second-order valence-corrected chi connectivity index (χ2v) is 4.44. The molecule has 0 radical (unpaired) electrons. The highest BCUT2D eigenvalue weighted by molar-refractivity contribution is 4.69. The Morgan fingerprint density at radius 1 is 1.07 bits per heavy atom. The Morgan fingerprint density at radius 3 is 1.87 bits per heavy atom. The Morgan fingerprint density at radius 2 is 1.53 bits per heavy atom. The molecule has 1 atom stereocenters. The lowest BCUT2D eigenvalue weighted by atomic mass is 10.1. The molecule has 1 unspecified atom stereocenters. The van der Waals surface area contributed by atoms with Gasteiger partial charge < -0.3 is 14.9 Å². The number of aliphatic hydroxyl groups is 2. The van der Waals surface area contributed by atoms with Crippen molar-refractivity contribution in [3.63, 3.8) is 0 Å². The van der Waals surface area contributed by atoms with Crippen LogP contribution in [-0.4, -0.2) is 35.6 Å². The number of aliphatic hydroxyl groups excluding tert-OH is 2. The molecular weight excluding hydrogens is 192 g/mol. The topological polar surface area (TPSA) is 49.7 Å². The van der Waals surface area contributed by atoms with E-state index in [0.29, 0.717) is 18.1 Å². The van der Waals surface area contributed by atoms with Crippen molar-refractivity contribution in [2.75, 3.05) is 13.2 Å². The molecule has 0 saturated heterocycles. The maximum atomic E-state index is 7.62. The minimum atomic E-state index is -0.125. The molecule has 1 aliphatic rings. The highest BCUT2D eigenvalue weighted by Gasteiger charge is 2.19. The van der Waals surface area contributed by atoms with Crippen LogP contribution >= 0.6 is 0 Å². The third kappa shape index (κ3) is 7.77. The van der Waals surface area contributed by atoms with Crippen LogP contribution in [0.25, 0.3) is 0 Å². The van der Waals surface area contributed by atoms with Crippen molar-refractivity contribution in [1.82, 2.24) is 0 Å². The molecule has 0 aromatic heterocycles. The molecule has 1 aliphatic carbocycles. The maximum Gasteiger partial charge on any atom is 0.0662 e. The van der Waals surface area contributed by atoms with Crippen LogP contribution in [0.1, 0.15) is 46.5 Å². The van der Waals surface area contributed by atoms with Gasteiger partial charge in [0.25, 0.3) is 0 Å². The first kappa shape index (κ1) is 14.9. The van der Waals surface area contributed by atoms with E-state index in [1.807, 2.05) is 0 Å². The van der Waals surface area contributed by atoms with Gasteiger partial charge in [-0.2, -0.15) is 0 Å². The van der Waals surface area contributed by atoms with Gasteiger partial charge in [0.15, 0.2) is 0 Å². The van der Waals surface area contributed by atoms with E-state index in [0.717, 1.165) is 0 Å². The van der Waals surface area contributed by atoms with Crippen LogP contribution in [0.4, 0.5) is 0 Å². The fourth-order valence-corrected chi connectivity index (χ4v) is 1.49. The first-order chi connectivity index (χ1) is 7.11. The summed E-state index contributed by atoms with van der Waals surface area (Å²) < 4.78 is 5.87. The Hall–Kier alpha value is -0.120. The van der Waals surface area contributed by atoms with Gasteiger partial charge in [0.2, 0.25) is 0 Å². The van der Waals surface area contributed by atoms with Gasteiger partial charge in [-0.25, -0.2) is 0 Å². The molecule has 2 N–H and O–H groups in total. The summed E-state index contributed by atoms with van der Waals surface area (Å²) in [4.78, 5) is 0. The summed E-state index contributed by atoms with van der Waals surface area (Å²) in [6, 6.07) is 0. The van der Waals surface area contributed by atoms with Gasteiger partial charge in [0.1, 0.15) is 0 Å². The Balaban J connectivity index is 0.000000423. The lowest BCUT2D eigenvalue weighted by Crippen LogP contribution is -2.21. The SMILES string of the molecule is CC(C)C(C)OC1CCCC1.OCCO. The number of rotatable bonds is 4. The van der Waals surface area contributed by atoms with Gasteiger partial charge in [-0.05, 0) is 25.7 Å². The molecule has 3 heteroatoms. The third-order valence-electron chi connectivity index (χ3n) is 2.75. The second kappa shape index (κ2) is 9.13. The van der Waals surface area contributed by atoms with Crippen molar-refractivity contribution in [3.8, 4) is 0 Å². The van der Waals surface area contributed by atoms with Crippen molar-refractivity contribution in [1.29, 1.82) is 0 Å². The smallest absolute Gasteiger partial charge is 0.0662 e. The molecule has 0 spiro atoms. The molecule has 0 amide bonds. The summed E-state index contributed by atoms with van der Waals surface area (Å²) in [5.41, 5.74) is 0. The molecule has 1 rings (SSSR count). The fourth-order valence-electron chi connectivity index (χ4n) is 1.49. The number of hydrogen-bond acceptors (Lipinski definition) is 3. The van der Waals surface area contributed by atoms with E-state index >= 15 is 0 Å². The first-order valence-corrected chi connectivity index (χ1v) is 5.99. The van der Waals surface area contributed by atoms with Gasteiger partial charge in [-0.1, -0.05) is 26.7 Å². The molecular formula is C12H26O3. The minimum absolute atomic E-state index is 0.125. The minimum Gasteiger partial charge on any atom is -0.394 e. The molecule has 3 nitrogen and oxygen atoms in total. The second-order valence-electron chi connectivity index (χ2n) is 4.44.